The van der Waals surface area contributed by atoms with Crippen molar-refractivity contribution in [2.24, 2.45) is 17.6 Å². The number of phenolic OH excluding ortho intramolecular Hbond substituents is 1. The molecule has 0 aromatic heterocycles. The Morgan fingerprint density at radius 3 is 1.85 bits per heavy atom. The van der Waals surface area contributed by atoms with Crippen LogP contribution in [0.2, 0.25) is 0 Å². The van der Waals surface area contributed by atoms with Crippen molar-refractivity contribution in [2.75, 3.05) is 6.54 Å². The van der Waals surface area contributed by atoms with E-state index in [1.807, 2.05) is 13.8 Å². The van der Waals surface area contributed by atoms with E-state index in [9.17, 15) is 24.3 Å². The zero-order valence-corrected chi connectivity index (χ0v) is 19.6. The maximum atomic E-state index is 13.1. The highest BCUT2D eigenvalue weighted by Crippen LogP contribution is 2.14. The van der Waals surface area contributed by atoms with E-state index in [2.05, 4.69) is 16.0 Å². The number of carbonyl (C=O) groups excluding carboxylic acids is 3. The van der Waals surface area contributed by atoms with E-state index in [-0.39, 0.29) is 24.0 Å². The van der Waals surface area contributed by atoms with Gasteiger partial charge < -0.3 is 31.9 Å². The smallest absolute Gasteiger partial charge is 0.322 e. The highest BCUT2D eigenvalue weighted by atomic mass is 16.4. The number of aliphatic carboxylic acids is 1. The highest BCUT2D eigenvalue weighted by molar-refractivity contribution is 5.94. The molecule has 10 heteroatoms. The predicted molar refractivity (Wildman–Crippen MR) is 123 cm³/mol. The van der Waals surface area contributed by atoms with Crippen LogP contribution in [0.5, 0.6) is 5.75 Å². The molecular formula is C23H36N4O6. The zero-order chi connectivity index (χ0) is 25.1. The van der Waals surface area contributed by atoms with Crippen molar-refractivity contribution in [3.63, 3.8) is 0 Å². The van der Waals surface area contributed by atoms with E-state index in [4.69, 9.17) is 10.8 Å². The molecule has 0 fully saturated rings. The normalized spacial score (nSPS) is 15.4. The van der Waals surface area contributed by atoms with E-state index in [1.54, 1.807) is 26.0 Å². The lowest BCUT2D eigenvalue weighted by Gasteiger charge is -2.29. The van der Waals surface area contributed by atoms with Gasteiger partial charge >= 0.3 is 5.97 Å². The van der Waals surface area contributed by atoms with Gasteiger partial charge in [0.15, 0.2) is 0 Å². The fourth-order valence-corrected chi connectivity index (χ4v) is 3.16. The lowest BCUT2D eigenvalue weighted by molar-refractivity contribution is -0.139. The standard InChI is InChI=1S/C23H36N4O6/c1-5-13(3)19(22(32)25-12-18(29)30)27-23(33)20(14(4)6-2)26-21(31)17(24)11-15-7-9-16(28)10-8-15/h7-10,13-14,17,19-20,28H,5-6,11-12,24H2,1-4H3,(H,25,32)(H,26,31)(H,27,33)(H,29,30). The van der Waals surface area contributed by atoms with Gasteiger partial charge in [-0.15, -0.1) is 0 Å². The summed E-state index contributed by atoms with van der Waals surface area (Å²) >= 11 is 0. The molecule has 5 atom stereocenters. The van der Waals surface area contributed by atoms with Crippen molar-refractivity contribution in [3.05, 3.63) is 29.8 Å². The van der Waals surface area contributed by atoms with Crippen LogP contribution >= 0.6 is 0 Å². The van der Waals surface area contributed by atoms with Crippen LogP contribution in [0, 0.1) is 11.8 Å². The Labute approximate surface area is 194 Å². The van der Waals surface area contributed by atoms with E-state index >= 15 is 0 Å². The Morgan fingerprint density at radius 1 is 0.879 bits per heavy atom. The summed E-state index contributed by atoms with van der Waals surface area (Å²) in [6.45, 7) is 6.75. The Kier molecular flexibility index (Phi) is 11.3. The topological polar surface area (TPSA) is 171 Å². The third-order valence-corrected chi connectivity index (χ3v) is 5.73. The second kappa shape index (κ2) is 13.4. The van der Waals surface area contributed by atoms with E-state index < -0.39 is 48.4 Å². The van der Waals surface area contributed by atoms with Crippen LogP contribution in [0.4, 0.5) is 0 Å². The Balaban J connectivity index is 2.92. The Bertz CT molecular complexity index is 814. The molecule has 0 aliphatic rings. The number of rotatable bonds is 13. The summed E-state index contributed by atoms with van der Waals surface area (Å²) in [4.78, 5) is 49.1. The van der Waals surface area contributed by atoms with Crippen LogP contribution in [0.1, 0.15) is 46.1 Å². The SMILES string of the molecule is CCC(C)C(NC(=O)C(N)Cc1ccc(O)cc1)C(=O)NC(C(=O)NCC(=O)O)C(C)CC. The summed E-state index contributed by atoms with van der Waals surface area (Å²) in [5, 5.41) is 25.9. The first-order chi connectivity index (χ1) is 15.5. The van der Waals surface area contributed by atoms with Crippen LogP contribution in [-0.4, -0.2) is 58.6 Å². The van der Waals surface area contributed by atoms with Crippen molar-refractivity contribution in [1.29, 1.82) is 0 Å². The average Bonchev–Trinajstić information content (AvgIpc) is 2.79. The second-order valence-corrected chi connectivity index (χ2v) is 8.33. The van der Waals surface area contributed by atoms with Gasteiger partial charge in [-0.05, 0) is 36.0 Å². The van der Waals surface area contributed by atoms with Gasteiger partial charge in [-0.25, -0.2) is 0 Å². The van der Waals surface area contributed by atoms with Gasteiger partial charge in [0.1, 0.15) is 24.4 Å². The number of phenols is 1. The molecule has 0 saturated heterocycles. The molecule has 0 radical (unpaired) electrons. The summed E-state index contributed by atoms with van der Waals surface area (Å²) in [5.74, 6) is -3.23. The molecule has 1 aromatic rings. The van der Waals surface area contributed by atoms with E-state index in [0.29, 0.717) is 12.8 Å². The minimum Gasteiger partial charge on any atom is -0.508 e. The summed E-state index contributed by atoms with van der Waals surface area (Å²) in [6.07, 6.45) is 1.38. The zero-order valence-electron chi connectivity index (χ0n) is 19.6. The highest BCUT2D eigenvalue weighted by Gasteiger charge is 2.33. The van der Waals surface area contributed by atoms with Crippen molar-refractivity contribution in [1.82, 2.24) is 16.0 Å². The van der Waals surface area contributed by atoms with Gasteiger partial charge in [-0.3, -0.25) is 19.2 Å². The summed E-state index contributed by atoms with van der Waals surface area (Å²) in [7, 11) is 0. The first kappa shape index (κ1) is 27.9. The minimum atomic E-state index is -1.19. The lowest BCUT2D eigenvalue weighted by Crippen LogP contribution is -2.59. The molecule has 1 rings (SSSR count). The summed E-state index contributed by atoms with van der Waals surface area (Å²) < 4.78 is 0. The number of amides is 3. The third-order valence-electron chi connectivity index (χ3n) is 5.73. The van der Waals surface area contributed by atoms with E-state index in [0.717, 1.165) is 5.56 Å². The number of carbonyl (C=O) groups is 4. The molecule has 0 aliphatic heterocycles. The fraction of sp³-hybridized carbons (Fsp3) is 0.565. The number of benzene rings is 1. The average molecular weight is 465 g/mol. The summed E-state index contributed by atoms with van der Waals surface area (Å²) in [5.41, 5.74) is 6.79. The second-order valence-electron chi connectivity index (χ2n) is 8.33. The molecule has 0 spiro atoms. The van der Waals surface area contributed by atoms with Crippen molar-refractivity contribution < 1.29 is 29.4 Å². The predicted octanol–water partition coefficient (Wildman–Crippen LogP) is 0.525. The van der Waals surface area contributed by atoms with Gasteiger partial charge in [0.05, 0.1) is 6.04 Å². The van der Waals surface area contributed by atoms with Crippen LogP contribution in [0.15, 0.2) is 24.3 Å². The monoisotopic (exact) mass is 464 g/mol. The molecule has 5 unspecified atom stereocenters. The molecule has 184 valence electrons. The maximum Gasteiger partial charge on any atom is 0.322 e. The van der Waals surface area contributed by atoms with Gasteiger partial charge in [0.2, 0.25) is 17.7 Å². The lowest BCUT2D eigenvalue weighted by atomic mass is 9.94. The minimum absolute atomic E-state index is 0.105. The molecular weight excluding hydrogens is 428 g/mol. The van der Waals surface area contributed by atoms with E-state index in [1.165, 1.54) is 12.1 Å². The molecule has 3 amide bonds. The van der Waals surface area contributed by atoms with Crippen molar-refractivity contribution >= 4 is 23.7 Å². The van der Waals surface area contributed by atoms with Gasteiger partial charge in [-0.2, -0.15) is 0 Å². The quantitative estimate of drug-likeness (QED) is 0.247. The number of carboxylic acid groups (broad SMARTS) is 1. The van der Waals surface area contributed by atoms with Gasteiger partial charge in [-0.1, -0.05) is 52.7 Å². The number of aromatic hydroxyl groups is 1. The largest absolute Gasteiger partial charge is 0.508 e. The van der Waals surface area contributed by atoms with Gasteiger partial charge in [0, 0.05) is 0 Å². The Morgan fingerprint density at radius 2 is 1.36 bits per heavy atom. The van der Waals surface area contributed by atoms with Crippen LogP contribution in [0.3, 0.4) is 0 Å². The molecule has 0 saturated carbocycles. The van der Waals surface area contributed by atoms with Crippen LogP contribution in [-0.2, 0) is 25.6 Å². The molecule has 1 aromatic carbocycles. The fourth-order valence-electron chi connectivity index (χ4n) is 3.16. The number of hydrogen-bond donors (Lipinski definition) is 6. The first-order valence-electron chi connectivity index (χ1n) is 11.1. The van der Waals surface area contributed by atoms with Crippen LogP contribution in [0.25, 0.3) is 0 Å². The molecule has 7 N–H and O–H groups in total. The van der Waals surface area contributed by atoms with Crippen LogP contribution < -0.4 is 21.7 Å². The number of hydrogen-bond acceptors (Lipinski definition) is 6. The summed E-state index contributed by atoms with van der Waals surface area (Å²) in [6, 6.07) is 3.53. The number of carboxylic acids is 1. The molecule has 0 aliphatic carbocycles. The first-order valence-corrected chi connectivity index (χ1v) is 11.1. The molecule has 0 heterocycles. The number of nitrogens with one attached hydrogen (secondary N) is 3. The maximum absolute atomic E-state index is 13.1. The Hall–Kier alpha value is -3.14. The number of nitrogens with two attached hydrogens (primary N) is 1. The van der Waals surface area contributed by atoms with Gasteiger partial charge in [0.25, 0.3) is 0 Å². The third kappa shape index (κ3) is 9.09. The molecule has 10 nitrogen and oxygen atoms in total. The molecule has 0 bridgehead atoms. The van der Waals surface area contributed by atoms with Crippen molar-refractivity contribution in [2.45, 2.75) is 65.1 Å². The van der Waals surface area contributed by atoms with Crippen molar-refractivity contribution in [3.8, 4) is 5.75 Å². The molecule has 33 heavy (non-hydrogen) atoms.